The highest BCUT2D eigenvalue weighted by Gasteiger charge is 1.99. The van der Waals surface area contributed by atoms with E-state index < -0.39 is 0 Å². The van der Waals surface area contributed by atoms with E-state index in [1.54, 1.807) is 29.6 Å². The van der Waals surface area contributed by atoms with Crippen LogP contribution in [0.4, 0.5) is 5.95 Å². The number of nitrogen functional groups attached to an aromatic ring is 1. The summed E-state index contributed by atoms with van der Waals surface area (Å²) >= 11 is 0. The number of hydrogen-bond acceptors (Lipinski definition) is 4. The maximum Gasteiger partial charge on any atom is 0.221 e. The first-order valence-electron chi connectivity index (χ1n) is 6.61. The minimum Gasteiger partial charge on any atom is -0.368 e. The second kappa shape index (κ2) is 5.62. The van der Waals surface area contributed by atoms with Gasteiger partial charge in [-0.3, -0.25) is 0 Å². The Hall–Kier alpha value is -2.89. The van der Waals surface area contributed by atoms with E-state index in [0.29, 0.717) is 5.95 Å². The molecule has 3 rings (SSSR count). The van der Waals surface area contributed by atoms with Gasteiger partial charge in [0.05, 0.1) is 24.4 Å². The normalized spacial score (nSPS) is 11.3. The van der Waals surface area contributed by atoms with Crippen LogP contribution in [0.5, 0.6) is 0 Å². The van der Waals surface area contributed by atoms with Gasteiger partial charge in [0.25, 0.3) is 0 Å². The molecular weight excluding hydrogens is 264 g/mol. The molecule has 21 heavy (non-hydrogen) atoms. The molecule has 2 N–H and O–H groups in total. The molecule has 0 atom stereocenters. The Morgan fingerprint density at radius 2 is 2.29 bits per heavy atom. The lowest BCUT2D eigenvalue weighted by Gasteiger charge is -2.03. The number of anilines is 1. The predicted octanol–water partition coefficient (Wildman–Crippen LogP) is 1.90. The number of hydrogen-bond donors (Lipinski definition) is 1. The van der Waals surface area contributed by atoms with Crippen molar-refractivity contribution >= 4 is 12.2 Å². The molecule has 0 spiro atoms. The highest BCUT2D eigenvalue weighted by molar-refractivity contribution is 5.79. The summed E-state index contributed by atoms with van der Waals surface area (Å²) in [5.41, 5.74) is 8.80. The smallest absolute Gasteiger partial charge is 0.221 e. The first-order chi connectivity index (χ1) is 10.2. The lowest BCUT2D eigenvalue weighted by molar-refractivity contribution is 0.797. The maximum atomic E-state index is 5.75. The van der Waals surface area contributed by atoms with E-state index in [4.69, 9.17) is 5.73 Å². The first-order valence-corrected chi connectivity index (χ1v) is 6.61. The van der Waals surface area contributed by atoms with Crippen LogP contribution in [0.15, 0.2) is 54.3 Å². The van der Waals surface area contributed by atoms with E-state index in [2.05, 4.69) is 27.2 Å². The van der Waals surface area contributed by atoms with Crippen molar-refractivity contribution in [1.82, 2.24) is 19.2 Å². The molecular formula is C15H16N6. The van der Waals surface area contributed by atoms with Gasteiger partial charge >= 0.3 is 0 Å². The van der Waals surface area contributed by atoms with Crippen LogP contribution in [0.1, 0.15) is 16.8 Å². The van der Waals surface area contributed by atoms with E-state index in [1.807, 2.05) is 29.8 Å². The highest BCUT2D eigenvalue weighted by Crippen LogP contribution is 2.07. The molecule has 0 aliphatic carbocycles. The molecule has 2 heterocycles. The van der Waals surface area contributed by atoms with Crippen molar-refractivity contribution in [3.63, 3.8) is 0 Å². The third-order valence-electron chi connectivity index (χ3n) is 3.04. The monoisotopic (exact) mass is 280 g/mol. The fourth-order valence-corrected chi connectivity index (χ4v) is 2.09. The summed E-state index contributed by atoms with van der Waals surface area (Å²) in [5, 5.41) is 4.32. The van der Waals surface area contributed by atoms with Crippen LogP contribution in [0.2, 0.25) is 0 Å². The molecule has 3 aromatic rings. The number of aromatic nitrogens is 4. The average Bonchev–Trinajstić information content (AvgIpc) is 3.07. The molecule has 0 aliphatic heterocycles. The molecule has 0 fully saturated rings. The number of imidazole rings is 2. The fourth-order valence-electron chi connectivity index (χ4n) is 2.09. The Morgan fingerprint density at radius 1 is 1.38 bits per heavy atom. The number of aryl methyl sites for hydroxylation is 1. The lowest BCUT2D eigenvalue weighted by Crippen LogP contribution is -1.98. The van der Waals surface area contributed by atoms with Crippen LogP contribution < -0.4 is 5.73 Å². The average molecular weight is 280 g/mol. The third kappa shape index (κ3) is 3.17. The molecule has 1 aromatic carbocycles. The van der Waals surface area contributed by atoms with Crippen molar-refractivity contribution in [3.8, 4) is 0 Å². The van der Waals surface area contributed by atoms with Gasteiger partial charge in [-0.25, -0.2) is 14.6 Å². The Labute approximate surface area is 122 Å². The van der Waals surface area contributed by atoms with Crippen molar-refractivity contribution in [1.29, 1.82) is 0 Å². The van der Waals surface area contributed by atoms with Gasteiger partial charge in [0, 0.05) is 18.9 Å². The summed E-state index contributed by atoms with van der Waals surface area (Å²) in [4.78, 5) is 8.15. The summed E-state index contributed by atoms with van der Waals surface area (Å²) in [6.07, 6.45) is 9.08. The van der Waals surface area contributed by atoms with Gasteiger partial charge < -0.3 is 10.3 Å². The molecule has 0 saturated carbocycles. The van der Waals surface area contributed by atoms with Crippen LogP contribution in [0.3, 0.4) is 0 Å². The van der Waals surface area contributed by atoms with Gasteiger partial charge in [-0.05, 0) is 24.1 Å². The summed E-state index contributed by atoms with van der Waals surface area (Å²) in [5.74, 6) is 0.387. The van der Waals surface area contributed by atoms with Gasteiger partial charge in [-0.2, -0.15) is 5.10 Å². The molecule has 6 nitrogen and oxygen atoms in total. The molecule has 0 radical (unpaired) electrons. The second-order valence-electron chi connectivity index (χ2n) is 4.81. The summed E-state index contributed by atoms with van der Waals surface area (Å²) in [6.45, 7) is 2.67. The number of nitrogens with zero attached hydrogens (tertiary/aromatic N) is 5. The molecule has 0 saturated heterocycles. The number of nitrogens with two attached hydrogens (primary N) is 1. The Balaban J connectivity index is 1.78. The van der Waals surface area contributed by atoms with Crippen LogP contribution in [0, 0.1) is 6.92 Å². The van der Waals surface area contributed by atoms with Gasteiger partial charge in [-0.15, -0.1) is 0 Å². The topological polar surface area (TPSA) is 74.0 Å². The Kier molecular flexibility index (Phi) is 3.51. The second-order valence-corrected chi connectivity index (χ2v) is 4.81. The van der Waals surface area contributed by atoms with Crippen LogP contribution in [0.25, 0.3) is 0 Å². The van der Waals surface area contributed by atoms with E-state index in [1.165, 1.54) is 5.56 Å². The standard InChI is InChI=1S/C15H16N6/c1-12-9-21(15(16)19-12)18-8-13-3-2-4-14(7-13)10-20-6-5-17-11-20/h2-9,11H,10H2,1H3,(H2,16,19). The van der Waals surface area contributed by atoms with E-state index in [9.17, 15) is 0 Å². The molecule has 106 valence electrons. The van der Waals surface area contributed by atoms with E-state index >= 15 is 0 Å². The van der Waals surface area contributed by atoms with Gasteiger partial charge in [0.2, 0.25) is 5.95 Å². The summed E-state index contributed by atoms with van der Waals surface area (Å²) in [7, 11) is 0. The largest absolute Gasteiger partial charge is 0.368 e. The van der Waals surface area contributed by atoms with Crippen molar-refractivity contribution < 1.29 is 0 Å². The van der Waals surface area contributed by atoms with Crippen molar-refractivity contribution in [2.24, 2.45) is 5.10 Å². The van der Waals surface area contributed by atoms with Crippen LogP contribution in [-0.4, -0.2) is 25.4 Å². The quantitative estimate of drug-likeness (QED) is 0.742. The van der Waals surface area contributed by atoms with Crippen molar-refractivity contribution in [2.45, 2.75) is 13.5 Å². The SMILES string of the molecule is Cc1cn(N=Cc2cccc(Cn3ccnc3)c2)c(N)n1. The minimum absolute atomic E-state index is 0.387. The van der Waals surface area contributed by atoms with E-state index in [0.717, 1.165) is 17.8 Å². The molecule has 0 unspecified atom stereocenters. The van der Waals surface area contributed by atoms with Crippen molar-refractivity contribution in [3.05, 3.63) is 66.0 Å². The summed E-state index contributed by atoms with van der Waals surface area (Å²) < 4.78 is 3.59. The molecule has 0 aliphatic rings. The van der Waals surface area contributed by atoms with Gasteiger partial charge in [-0.1, -0.05) is 18.2 Å². The molecule has 0 bridgehead atoms. The third-order valence-corrected chi connectivity index (χ3v) is 3.04. The number of rotatable bonds is 4. The zero-order chi connectivity index (χ0) is 14.7. The summed E-state index contributed by atoms with van der Waals surface area (Å²) in [6, 6.07) is 8.17. The number of benzene rings is 1. The first kappa shape index (κ1) is 13.1. The van der Waals surface area contributed by atoms with Gasteiger partial charge in [0.1, 0.15) is 0 Å². The molecule has 2 aromatic heterocycles. The minimum atomic E-state index is 0.387. The predicted molar refractivity (Wildman–Crippen MR) is 82.1 cm³/mol. The van der Waals surface area contributed by atoms with Crippen LogP contribution in [-0.2, 0) is 6.54 Å². The molecule has 0 amide bonds. The lowest BCUT2D eigenvalue weighted by atomic mass is 10.1. The zero-order valence-corrected chi connectivity index (χ0v) is 11.7. The maximum absolute atomic E-state index is 5.75. The zero-order valence-electron chi connectivity index (χ0n) is 11.7. The van der Waals surface area contributed by atoms with E-state index in [-0.39, 0.29) is 0 Å². The highest BCUT2D eigenvalue weighted by atomic mass is 15.4. The molecule has 6 heteroatoms. The Bertz CT molecular complexity index is 754. The fraction of sp³-hybridized carbons (Fsp3) is 0.133. The van der Waals surface area contributed by atoms with Gasteiger partial charge in [0.15, 0.2) is 0 Å². The van der Waals surface area contributed by atoms with Crippen LogP contribution >= 0.6 is 0 Å². The Morgan fingerprint density at radius 3 is 3.00 bits per heavy atom. The van der Waals surface area contributed by atoms with Crippen molar-refractivity contribution in [2.75, 3.05) is 5.73 Å².